The fourth-order valence-electron chi connectivity index (χ4n) is 2.22. The van der Waals surface area contributed by atoms with Gasteiger partial charge in [-0.3, -0.25) is 4.21 Å². The van der Waals surface area contributed by atoms with E-state index in [4.69, 9.17) is 23.2 Å². The molecule has 2 rings (SSSR count). The number of nitrogens with zero attached hydrogens (tertiary/aromatic N) is 4. The van der Waals surface area contributed by atoms with Gasteiger partial charge in [-0.05, 0) is 26.0 Å². The second-order valence-electron chi connectivity index (χ2n) is 5.50. The molecule has 11 heteroatoms. The Labute approximate surface area is 165 Å². The molecule has 1 heterocycles. The molecule has 1 aromatic carbocycles. The second kappa shape index (κ2) is 8.00. The smallest absolute Gasteiger partial charge is 0.254 e. The van der Waals surface area contributed by atoms with Crippen LogP contribution < -0.4 is 0 Å². The van der Waals surface area contributed by atoms with Crippen LogP contribution in [0.2, 0.25) is 10.0 Å². The molecule has 1 atom stereocenters. The van der Waals surface area contributed by atoms with Gasteiger partial charge in [-0.1, -0.05) is 30.1 Å². The van der Waals surface area contributed by atoms with Crippen LogP contribution in [-0.2, 0) is 17.0 Å². The molecule has 0 aliphatic carbocycles. The maximum Gasteiger partial charge on any atom is 0.416 e. The Bertz CT molecular complexity index is 966. The first-order chi connectivity index (χ1) is 12.5. The van der Waals surface area contributed by atoms with E-state index in [-0.39, 0.29) is 37.9 Å². The molecule has 0 saturated heterocycles. The molecule has 1 aromatic heterocycles. The van der Waals surface area contributed by atoms with Crippen molar-refractivity contribution < 1.29 is 17.4 Å². The van der Waals surface area contributed by atoms with E-state index in [1.165, 1.54) is 0 Å². The van der Waals surface area contributed by atoms with E-state index in [1.807, 2.05) is 6.07 Å². The van der Waals surface area contributed by atoms with Crippen molar-refractivity contribution in [2.75, 3.05) is 5.75 Å². The summed E-state index contributed by atoms with van der Waals surface area (Å²) in [4.78, 5) is 4.34. The average molecular weight is 437 g/mol. The molecule has 0 fully saturated rings. The minimum Gasteiger partial charge on any atom is -0.254 e. The molecule has 27 heavy (non-hydrogen) atoms. The number of rotatable bonds is 4. The van der Waals surface area contributed by atoms with E-state index in [2.05, 4.69) is 10.1 Å². The van der Waals surface area contributed by atoms with E-state index in [0.717, 1.165) is 4.68 Å². The first kappa shape index (κ1) is 21.4. The van der Waals surface area contributed by atoms with Crippen molar-refractivity contribution >= 4 is 45.5 Å². The minimum absolute atomic E-state index is 0.0373. The summed E-state index contributed by atoms with van der Waals surface area (Å²) >= 11 is 12.1. The van der Waals surface area contributed by atoms with Gasteiger partial charge in [-0.25, -0.2) is 9.67 Å². The number of benzene rings is 1. The number of aliphatic imine (C=N–C) groups is 1. The number of nitriles is 1. The lowest BCUT2D eigenvalue weighted by atomic mass is 10.2. The van der Waals surface area contributed by atoms with E-state index in [9.17, 15) is 22.6 Å². The van der Waals surface area contributed by atoms with Gasteiger partial charge in [0.2, 0.25) is 0 Å². The standard InChI is InChI=1S/C16H13Cl2F3N4OS/c1-4-27(26)14-12(7-22)24-25(15(14)23-8(2)3)13-10(17)5-9(6-11(13)18)16(19,20)21/h5-6H,4H2,1-3H3. The Morgan fingerprint density at radius 1 is 1.33 bits per heavy atom. The van der Waals surface area contributed by atoms with Crippen LogP contribution in [0.3, 0.4) is 0 Å². The molecule has 0 N–H and O–H groups in total. The maximum atomic E-state index is 13.0. The topological polar surface area (TPSA) is 71.0 Å². The zero-order valence-corrected chi connectivity index (χ0v) is 16.7. The van der Waals surface area contributed by atoms with Crippen LogP contribution in [0.15, 0.2) is 22.0 Å². The van der Waals surface area contributed by atoms with Crippen molar-refractivity contribution in [2.24, 2.45) is 4.99 Å². The predicted molar refractivity (Wildman–Crippen MR) is 98.7 cm³/mol. The lowest BCUT2D eigenvalue weighted by Crippen LogP contribution is -2.07. The maximum absolute atomic E-state index is 13.0. The first-order valence-corrected chi connectivity index (χ1v) is 9.58. The first-order valence-electron chi connectivity index (χ1n) is 7.51. The average Bonchev–Trinajstić information content (AvgIpc) is 2.90. The molecule has 0 spiro atoms. The van der Waals surface area contributed by atoms with Crippen molar-refractivity contribution in [1.82, 2.24) is 9.78 Å². The molecule has 5 nitrogen and oxygen atoms in total. The van der Waals surface area contributed by atoms with Gasteiger partial charge in [-0.2, -0.15) is 23.5 Å². The van der Waals surface area contributed by atoms with Gasteiger partial charge >= 0.3 is 6.18 Å². The lowest BCUT2D eigenvalue weighted by molar-refractivity contribution is -0.137. The highest BCUT2D eigenvalue weighted by Crippen LogP contribution is 2.40. The predicted octanol–water partition coefficient (Wildman–Crippen LogP) is 5.31. The third-order valence-corrected chi connectivity index (χ3v) is 5.23. The quantitative estimate of drug-likeness (QED) is 0.609. The van der Waals surface area contributed by atoms with Crippen molar-refractivity contribution in [2.45, 2.75) is 31.8 Å². The molecule has 0 amide bonds. The summed E-state index contributed by atoms with van der Waals surface area (Å²) in [5.41, 5.74) is -0.721. The number of aromatic nitrogens is 2. The zero-order chi connectivity index (χ0) is 20.5. The third-order valence-electron chi connectivity index (χ3n) is 3.30. The van der Waals surface area contributed by atoms with E-state index in [1.54, 1.807) is 20.8 Å². The fourth-order valence-corrected chi connectivity index (χ4v) is 3.79. The lowest BCUT2D eigenvalue weighted by Gasteiger charge is -2.13. The van der Waals surface area contributed by atoms with Crippen LogP contribution in [0.5, 0.6) is 0 Å². The fraction of sp³-hybridized carbons (Fsp3) is 0.312. The molecular formula is C16H13Cl2F3N4OS. The normalized spacial score (nSPS) is 12.6. The molecule has 0 aliphatic heterocycles. The molecular weight excluding hydrogens is 424 g/mol. The largest absolute Gasteiger partial charge is 0.416 e. The Kier molecular flexibility index (Phi) is 6.35. The van der Waals surface area contributed by atoms with Gasteiger partial charge in [0.15, 0.2) is 11.5 Å². The number of halogens is 5. The molecule has 0 saturated carbocycles. The molecule has 144 valence electrons. The second-order valence-corrected chi connectivity index (χ2v) is 8.00. The minimum atomic E-state index is -4.64. The van der Waals surface area contributed by atoms with Crippen LogP contribution in [0.4, 0.5) is 19.0 Å². The molecule has 0 radical (unpaired) electrons. The van der Waals surface area contributed by atoms with Crippen LogP contribution in [0, 0.1) is 11.3 Å². The summed E-state index contributed by atoms with van der Waals surface area (Å²) in [7, 11) is -1.59. The van der Waals surface area contributed by atoms with Gasteiger partial charge in [0.05, 0.1) is 26.4 Å². The summed E-state index contributed by atoms with van der Waals surface area (Å²) in [5.74, 6) is 0.232. The van der Waals surface area contributed by atoms with Gasteiger partial charge < -0.3 is 0 Å². The molecule has 2 aromatic rings. The Hall–Kier alpha value is -1.89. The number of hydrogen-bond acceptors (Lipinski definition) is 4. The van der Waals surface area contributed by atoms with Crippen LogP contribution >= 0.6 is 23.2 Å². The monoisotopic (exact) mass is 436 g/mol. The van der Waals surface area contributed by atoms with Crippen molar-refractivity contribution in [3.05, 3.63) is 33.4 Å². The summed E-state index contributed by atoms with van der Waals surface area (Å²) in [5, 5.41) is 12.7. The van der Waals surface area contributed by atoms with E-state index in [0.29, 0.717) is 17.8 Å². The van der Waals surface area contributed by atoms with Crippen LogP contribution in [-0.4, -0.2) is 25.5 Å². The van der Waals surface area contributed by atoms with E-state index < -0.39 is 22.5 Å². The highest BCUT2D eigenvalue weighted by Gasteiger charge is 2.33. The summed E-state index contributed by atoms with van der Waals surface area (Å²) in [6.07, 6.45) is -4.64. The third kappa shape index (κ3) is 4.34. The molecule has 0 bridgehead atoms. The summed E-state index contributed by atoms with van der Waals surface area (Å²) in [6.45, 7) is 4.98. The Morgan fingerprint density at radius 2 is 1.89 bits per heavy atom. The SMILES string of the molecule is CCS(=O)c1c(C#N)nn(-c2c(Cl)cc(C(F)(F)F)cc2Cl)c1N=C(C)C. The Balaban J connectivity index is 2.88. The van der Waals surface area contributed by atoms with Gasteiger partial charge in [-0.15, -0.1) is 0 Å². The summed E-state index contributed by atoms with van der Waals surface area (Å²) < 4.78 is 52.4. The van der Waals surface area contributed by atoms with Gasteiger partial charge in [0, 0.05) is 11.5 Å². The van der Waals surface area contributed by atoms with E-state index >= 15 is 0 Å². The van der Waals surface area contributed by atoms with Crippen LogP contribution in [0.25, 0.3) is 5.69 Å². The highest BCUT2D eigenvalue weighted by molar-refractivity contribution is 7.85. The Morgan fingerprint density at radius 3 is 2.30 bits per heavy atom. The summed E-state index contributed by atoms with van der Waals surface area (Å²) in [6, 6.07) is 3.24. The van der Waals surface area contributed by atoms with Crippen molar-refractivity contribution in [3.63, 3.8) is 0 Å². The number of alkyl halides is 3. The highest BCUT2D eigenvalue weighted by atomic mass is 35.5. The van der Waals surface area contributed by atoms with Gasteiger partial charge in [0.25, 0.3) is 0 Å². The molecule has 1 unspecified atom stereocenters. The van der Waals surface area contributed by atoms with Gasteiger partial charge in [0.1, 0.15) is 16.7 Å². The molecule has 0 aliphatic rings. The van der Waals surface area contributed by atoms with Crippen molar-refractivity contribution in [3.8, 4) is 11.8 Å². The number of hydrogen-bond donors (Lipinski definition) is 0. The van der Waals surface area contributed by atoms with Crippen molar-refractivity contribution in [1.29, 1.82) is 5.26 Å². The zero-order valence-electron chi connectivity index (χ0n) is 14.4. The van der Waals surface area contributed by atoms with Crippen LogP contribution in [0.1, 0.15) is 32.0 Å².